The largest absolute Gasteiger partial charge is 0.416 e. The minimum absolute atomic E-state index is 0.0712. The molecule has 1 aromatic heterocycles. The molecule has 9 heteroatoms. The monoisotopic (exact) mass is 401 g/mol. The van der Waals surface area contributed by atoms with Gasteiger partial charge in [0, 0.05) is 17.3 Å². The Kier molecular flexibility index (Phi) is 5.02. The summed E-state index contributed by atoms with van der Waals surface area (Å²) in [6, 6.07) is 9.81. The molecule has 0 aliphatic rings. The molecule has 1 N–H and O–H groups in total. The zero-order valence-corrected chi connectivity index (χ0v) is 14.3. The van der Waals surface area contributed by atoms with Crippen LogP contribution < -0.4 is 5.32 Å². The van der Waals surface area contributed by atoms with Crippen molar-refractivity contribution in [3.8, 4) is 11.4 Å². The van der Waals surface area contributed by atoms with E-state index in [4.69, 9.17) is 23.2 Å². The van der Waals surface area contributed by atoms with Crippen molar-refractivity contribution in [1.29, 1.82) is 0 Å². The second-order valence-electron chi connectivity index (χ2n) is 5.23. The van der Waals surface area contributed by atoms with Crippen molar-refractivity contribution in [1.82, 2.24) is 9.97 Å². The molecular formula is C17H9Cl2F4N3. The van der Waals surface area contributed by atoms with Crippen LogP contribution in [-0.2, 0) is 6.18 Å². The van der Waals surface area contributed by atoms with Crippen molar-refractivity contribution in [2.24, 2.45) is 0 Å². The minimum Gasteiger partial charge on any atom is -0.340 e. The van der Waals surface area contributed by atoms with Gasteiger partial charge >= 0.3 is 6.18 Å². The molecule has 0 atom stereocenters. The van der Waals surface area contributed by atoms with Gasteiger partial charge in [-0.15, -0.1) is 0 Å². The van der Waals surface area contributed by atoms with Gasteiger partial charge in [0.1, 0.15) is 16.8 Å². The van der Waals surface area contributed by atoms with E-state index in [9.17, 15) is 17.6 Å². The molecule has 0 bridgehead atoms. The fourth-order valence-electron chi connectivity index (χ4n) is 2.14. The third kappa shape index (κ3) is 4.23. The molecule has 0 aliphatic carbocycles. The third-order valence-corrected chi connectivity index (χ3v) is 3.84. The summed E-state index contributed by atoms with van der Waals surface area (Å²) in [5, 5.41) is 2.91. The summed E-state index contributed by atoms with van der Waals surface area (Å²) in [4.78, 5) is 8.23. The predicted molar refractivity (Wildman–Crippen MR) is 92.2 cm³/mol. The molecule has 0 fully saturated rings. The van der Waals surface area contributed by atoms with Gasteiger partial charge in [-0.2, -0.15) is 13.2 Å². The van der Waals surface area contributed by atoms with Crippen molar-refractivity contribution in [3.63, 3.8) is 0 Å². The lowest BCUT2D eigenvalue weighted by Crippen LogP contribution is -2.04. The van der Waals surface area contributed by atoms with E-state index in [2.05, 4.69) is 15.3 Å². The highest BCUT2D eigenvalue weighted by molar-refractivity contribution is 6.31. The van der Waals surface area contributed by atoms with Gasteiger partial charge in [-0.1, -0.05) is 35.3 Å². The van der Waals surface area contributed by atoms with Gasteiger partial charge in [0.2, 0.25) is 0 Å². The number of nitrogens with one attached hydrogen (secondary N) is 1. The van der Waals surface area contributed by atoms with Crippen LogP contribution in [0.25, 0.3) is 11.4 Å². The number of halogens is 6. The summed E-state index contributed by atoms with van der Waals surface area (Å²) in [5.41, 5.74) is 0.0489. The molecule has 26 heavy (non-hydrogen) atoms. The number of hydrogen-bond donors (Lipinski definition) is 1. The molecule has 0 aliphatic heterocycles. The molecule has 2 aromatic carbocycles. The average molecular weight is 402 g/mol. The Bertz CT molecular complexity index is 944. The van der Waals surface area contributed by atoms with E-state index >= 15 is 0 Å². The SMILES string of the molecule is Fc1ccc(Nc2cc(Cl)nc(-c3ccc(C(F)(F)F)cc3)n2)cc1Cl. The summed E-state index contributed by atoms with van der Waals surface area (Å²) in [5.74, 6) is -0.145. The van der Waals surface area contributed by atoms with Gasteiger partial charge in [0.15, 0.2) is 5.82 Å². The number of rotatable bonds is 3. The molecular weight excluding hydrogens is 393 g/mol. The lowest BCUT2D eigenvalue weighted by Gasteiger charge is -2.10. The number of nitrogens with zero attached hydrogens (tertiary/aromatic N) is 2. The molecule has 3 aromatic rings. The first-order valence-corrected chi connectivity index (χ1v) is 7.92. The topological polar surface area (TPSA) is 37.8 Å². The summed E-state index contributed by atoms with van der Waals surface area (Å²) >= 11 is 11.7. The molecule has 3 rings (SSSR count). The first kappa shape index (κ1) is 18.4. The van der Waals surface area contributed by atoms with Gasteiger partial charge in [-0.05, 0) is 30.3 Å². The standard InChI is InChI=1S/C17H9Cl2F4N3/c18-12-7-11(5-6-13(12)20)24-15-8-14(19)25-16(26-15)9-1-3-10(4-2-9)17(21,22)23/h1-8H,(H,24,25,26). The fraction of sp³-hybridized carbons (Fsp3) is 0.0588. The highest BCUT2D eigenvalue weighted by Crippen LogP contribution is 2.31. The van der Waals surface area contributed by atoms with Crippen LogP contribution in [0.15, 0.2) is 48.5 Å². The highest BCUT2D eigenvalue weighted by Gasteiger charge is 2.30. The summed E-state index contributed by atoms with van der Waals surface area (Å²) < 4.78 is 51.2. The molecule has 0 amide bonds. The minimum atomic E-state index is -4.43. The van der Waals surface area contributed by atoms with Crippen LogP contribution in [0.3, 0.4) is 0 Å². The Balaban J connectivity index is 1.91. The third-order valence-electron chi connectivity index (χ3n) is 3.36. The summed E-state index contributed by atoms with van der Waals surface area (Å²) in [7, 11) is 0. The first-order valence-electron chi connectivity index (χ1n) is 7.17. The maximum absolute atomic E-state index is 13.2. The van der Waals surface area contributed by atoms with Crippen molar-refractivity contribution in [2.45, 2.75) is 6.18 Å². The van der Waals surface area contributed by atoms with E-state index in [0.29, 0.717) is 11.3 Å². The Labute approximate surface area is 155 Å². The highest BCUT2D eigenvalue weighted by atomic mass is 35.5. The van der Waals surface area contributed by atoms with E-state index in [1.807, 2.05) is 0 Å². The Morgan fingerprint density at radius 2 is 1.58 bits per heavy atom. The van der Waals surface area contributed by atoms with Crippen molar-refractivity contribution >= 4 is 34.7 Å². The summed E-state index contributed by atoms with van der Waals surface area (Å²) in [6.45, 7) is 0. The van der Waals surface area contributed by atoms with Crippen LogP contribution in [0.4, 0.5) is 29.1 Å². The zero-order chi connectivity index (χ0) is 18.9. The zero-order valence-electron chi connectivity index (χ0n) is 12.8. The molecule has 1 heterocycles. The quantitative estimate of drug-likeness (QED) is 0.410. The number of hydrogen-bond acceptors (Lipinski definition) is 3. The van der Waals surface area contributed by atoms with Crippen LogP contribution in [0, 0.1) is 5.82 Å². The van der Waals surface area contributed by atoms with Crippen LogP contribution >= 0.6 is 23.2 Å². The fourth-order valence-corrected chi connectivity index (χ4v) is 2.50. The van der Waals surface area contributed by atoms with Crippen LogP contribution in [0.5, 0.6) is 0 Å². The van der Waals surface area contributed by atoms with Crippen LogP contribution in [0.2, 0.25) is 10.2 Å². The van der Waals surface area contributed by atoms with Crippen molar-refractivity contribution in [2.75, 3.05) is 5.32 Å². The van der Waals surface area contributed by atoms with Gasteiger partial charge in [-0.3, -0.25) is 0 Å². The maximum Gasteiger partial charge on any atom is 0.416 e. The lowest BCUT2D eigenvalue weighted by molar-refractivity contribution is -0.137. The number of alkyl halides is 3. The van der Waals surface area contributed by atoms with E-state index in [-0.39, 0.29) is 21.8 Å². The first-order chi connectivity index (χ1) is 12.2. The van der Waals surface area contributed by atoms with Gasteiger partial charge in [0.05, 0.1) is 10.6 Å². The second-order valence-corrected chi connectivity index (χ2v) is 6.02. The van der Waals surface area contributed by atoms with Crippen LogP contribution in [-0.4, -0.2) is 9.97 Å². The molecule has 3 nitrogen and oxygen atoms in total. The average Bonchev–Trinajstić information content (AvgIpc) is 2.57. The van der Waals surface area contributed by atoms with E-state index in [1.54, 1.807) is 0 Å². The van der Waals surface area contributed by atoms with Gasteiger partial charge < -0.3 is 5.32 Å². The molecule has 134 valence electrons. The summed E-state index contributed by atoms with van der Waals surface area (Å²) in [6.07, 6.45) is -4.43. The molecule has 0 saturated heterocycles. The lowest BCUT2D eigenvalue weighted by atomic mass is 10.1. The number of aromatic nitrogens is 2. The smallest absolute Gasteiger partial charge is 0.340 e. The van der Waals surface area contributed by atoms with Gasteiger partial charge in [-0.25, -0.2) is 14.4 Å². The van der Waals surface area contributed by atoms with Gasteiger partial charge in [0.25, 0.3) is 0 Å². The van der Waals surface area contributed by atoms with Crippen molar-refractivity contribution < 1.29 is 17.6 Å². The molecule has 0 saturated carbocycles. The van der Waals surface area contributed by atoms with E-state index < -0.39 is 17.6 Å². The Hall–Kier alpha value is -2.38. The molecule has 0 radical (unpaired) electrons. The Morgan fingerprint density at radius 1 is 0.885 bits per heavy atom. The number of anilines is 2. The van der Waals surface area contributed by atoms with E-state index in [1.165, 1.54) is 36.4 Å². The Morgan fingerprint density at radius 3 is 2.19 bits per heavy atom. The second kappa shape index (κ2) is 7.09. The predicted octanol–water partition coefficient (Wildman–Crippen LogP) is 6.35. The molecule has 0 unspecified atom stereocenters. The maximum atomic E-state index is 13.2. The van der Waals surface area contributed by atoms with Crippen LogP contribution in [0.1, 0.15) is 5.56 Å². The normalized spacial score (nSPS) is 11.5. The van der Waals surface area contributed by atoms with E-state index in [0.717, 1.165) is 12.1 Å². The van der Waals surface area contributed by atoms with Crippen molar-refractivity contribution in [3.05, 3.63) is 70.1 Å². The molecule has 0 spiro atoms. The number of benzene rings is 2.